The molecule has 0 aromatic heterocycles. The number of piperidine rings is 1. The van der Waals surface area contributed by atoms with Crippen molar-refractivity contribution in [2.45, 2.75) is 25.7 Å². The number of hydrogen-bond acceptors (Lipinski definition) is 4. The van der Waals surface area contributed by atoms with Gasteiger partial charge < -0.3 is 20.3 Å². The number of nitrogens with zero attached hydrogens (tertiary/aromatic N) is 1. The van der Waals surface area contributed by atoms with Crippen LogP contribution in [0.5, 0.6) is 5.75 Å². The lowest BCUT2D eigenvalue weighted by Gasteiger charge is -2.26. The number of carbonyl (C=O) groups is 2. The molecule has 0 radical (unpaired) electrons. The highest BCUT2D eigenvalue weighted by Gasteiger charge is 2.14. The number of amides is 2. The minimum absolute atomic E-state index is 0.172. The van der Waals surface area contributed by atoms with Crippen LogP contribution in [0.1, 0.15) is 46.4 Å². The van der Waals surface area contributed by atoms with Gasteiger partial charge in [0.1, 0.15) is 5.75 Å². The molecule has 0 bridgehead atoms. The molecule has 1 heterocycles. The number of likely N-dealkylation sites (tertiary alicyclic amines) is 1. The zero-order valence-electron chi connectivity index (χ0n) is 16.9. The molecular weight excluding hydrogens is 366 g/mol. The normalized spacial score (nSPS) is 14.2. The molecule has 0 aliphatic carbocycles. The Morgan fingerprint density at radius 3 is 2.41 bits per heavy atom. The molecule has 1 aliphatic rings. The Morgan fingerprint density at radius 1 is 0.966 bits per heavy atom. The largest absolute Gasteiger partial charge is 0.497 e. The average Bonchev–Trinajstić information content (AvgIpc) is 2.77. The molecule has 0 atom stereocenters. The smallest absolute Gasteiger partial charge is 0.255 e. The maximum Gasteiger partial charge on any atom is 0.255 e. The van der Waals surface area contributed by atoms with Gasteiger partial charge in [0.25, 0.3) is 11.8 Å². The van der Waals surface area contributed by atoms with Crippen LogP contribution in [0.4, 0.5) is 5.69 Å². The summed E-state index contributed by atoms with van der Waals surface area (Å²) in [5.41, 5.74) is 1.47. The van der Waals surface area contributed by atoms with Crippen LogP contribution >= 0.6 is 0 Å². The molecule has 154 valence electrons. The first-order chi connectivity index (χ1) is 14.2. The van der Waals surface area contributed by atoms with E-state index in [1.165, 1.54) is 19.3 Å². The van der Waals surface area contributed by atoms with Gasteiger partial charge in [-0.1, -0.05) is 18.6 Å². The fraction of sp³-hybridized carbons (Fsp3) is 0.391. The number of rotatable bonds is 8. The SMILES string of the molecule is COc1ccc(C(=O)Nc2ccccc2C(=O)NCCCN2CCCCC2)cc1. The third-order valence-electron chi connectivity index (χ3n) is 5.16. The van der Waals surface area contributed by atoms with Crippen molar-refractivity contribution in [1.29, 1.82) is 0 Å². The number of hydrogen-bond donors (Lipinski definition) is 2. The predicted octanol–water partition coefficient (Wildman–Crippen LogP) is 3.55. The third kappa shape index (κ3) is 6.06. The monoisotopic (exact) mass is 395 g/mol. The summed E-state index contributed by atoms with van der Waals surface area (Å²) in [6, 6.07) is 13.9. The lowest BCUT2D eigenvalue weighted by molar-refractivity contribution is 0.0952. The standard InChI is InChI=1S/C23H29N3O3/c1-29-19-12-10-18(11-13-19)22(27)25-21-9-4-3-8-20(21)23(28)24-14-7-17-26-15-5-2-6-16-26/h3-4,8-13H,2,5-7,14-17H2,1H3,(H,24,28)(H,25,27). The van der Waals surface area contributed by atoms with Gasteiger partial charge >= 0.3 is 0 Å². The Bertz CT molecular complexity index is 814. The topological polar surface area (TPSA) is 70.7 Å². The molecule has 2 aromatic rings. The Kier molecular flexibility index (Phi) is 7.64. The Morgan fingerprint density at radius 2 is 1.69 bits per heavy atom. The summed E-state index contributed by atoms with van der Waals surface area (Å²) in [6.07, 6.45) is 4.79. The van der Waals surface area contributed by atoms with Gasteiger partial charge in [0.15, 0.2) is 0 Å². The van der Waals surface area contributed by atoms with E-state index >= 15 is 0 Å². The fourth-order valence-electron chi connectivity index (χ4n) is 3.51. The Hall–Kier alpha value is -2.86. The van der Waals surface area contributed by atoms with E-state index in [1.807, 2.05) is 0 Å². The summed E-state index contributed by atoms with van der Waals surface area (Å²) in [5.74, 6) is 0.248. The number of para-hydroxylation sites is 1. The van der Waals surface area contributed by atoms with Crippen molar-refractivity contribution >= 4 is 17.5 Å². The number of nitrogens with one attached hydrogen (secondary N) is 2. The van der Waals surface area contributed by atoms with Crippen molar-refractivity contribution in [2.75, 3.05) is 38.6 Å². The third-order valence-corrected chi connectivity index (χ3v) is 5.16. The number of methoxy groups -OCH3 is 1. The molecule has 1 fully saturated rings. The zero-order valence-corrected chi connectivity index (χ0v) is 16.9. The van der Waals surface area contributed by atoms with Crippen LogP contribution in [0.15, 0.2) is 48.5 Å². The van der Waals surface area contributed by atoms with Crippen LogP contribution < -0.4 is 15.4 Å². The summed E-state index contributed by atoms with van der Waals surface area (Å²) in [7, 11) is 1.58. The molecule has 29 heavy (non-hydrogen) atoms. The van der Waals surface area contributed by atoms with Gasteiger partial charge in [-0.3, -0.25) is 9.59 Å². The fourth-order valence-corrected chi connectivity index (χ4v) is 3.51. The van der Waals surface area contributed by atoms with E-state index in [0.29, 0.717) is 29.1 Å². The highest BCUT2D eigenvalue weighted by Crippen LogP contribution is 2.18. The van der Waals surface area contributed by atoms with E-state index in [0.717, 1.165) is 26.1 Å². The number of ether oxygens (including phenoxy) is 1. The van der Waals surface area contributed by atoms with Crippen molar-refractivity contribution in [1.82, 2.24) is 10.2 Å². The van der Waals surface area contributed by atoms with Gasteiger partial charge in [0.2, 0.25) is 0 Å². The number of carbonyl (C=O) groups excluding carboxylic acids is 2. The van der Waals surface area contributed by atoms with Gasteiger partial charge in [-0.05, 0) is 75.3 Å². The van der Waals surface area contributed by atoms with Gasteiger partial charge in [-0.2, -0.15) is 0 Å². The van der Waals surface area contributed by atoms with E-state index in [-0.39, 0.29) is 11.8 Å². The van der Waals surface area contributed by atoms with Crippen LogP contribution in [-0.4, -0.2) is 50.0 Å². The average molecular weight is 396 g/mol. The predicted molar refractivity (Wildman–Crippen MR) is 115 cm³/mol. The molecule has 0 unspecified atom stereocenters. The molecule has 1 saturated heterocycles. The van der Waals surface area contributed by atoms with E-state index in [1.54, 1.807) is 55.6 Å². The van der Waals surface area contributed by atoms with E-state index in [4.69, 9.17) is 4.74 Å². The molecule has 2 amide bonds. The highest BCUT2D eigenvalue weighted by atomic mass is 16.5. The highest BCUT2D eigenvalue weighted by molar-refractivity contribution is 6.09. The molecule has 6 heteroatoms. The van der Waals surface area contributed by atoms with Gasteiger partial charge in [0, 0.05) is 12.1 Å². The van der Waals surface area contributed by atoms with E-state index < -0.39 is 0 Å². The van der Waals surface area contributed by atoms with Crippen molar-refractivity contribution in [3.05, 3.63) is 59.7 Å². The molecule has 0 saturated carbocycles. The van der Waals surface area contributed by atoms with Crippen molar-refractivity contribution in [3.8, 4) is 5.75 Å². The second kappa shape index (κ2) is 10.6. The summed E-state index contributed by atoms with van der Waals surface area (Å²) in [4.78, 5) is 27.6. The Balaban J connectivity index is 1.54. The molecule has 6 nitrogen and oxygen atoms in total. The molecule has 2 aromatic carbocycles. The zero-order chi connectivity index (χ0) is 20.5. The summed E-state index contributed by atoms with van der Waals surface area (Å²) >= 11 is 0. The lowest BCUT2D eigenvalue weighted by atomic mass is 10.1. The molecule has 1 aliphatic heterocycles. The van der Waals surface area contributed by atoms with Crippen LogP contribution in [-0.2, 0) is 0 Å². The first kappa shape index (κ1) is 20.9. The first-order valence-corrected chi connectivity index (χ1v) is 10.2. The minimum atomic E-state index is -0.266. The summed E-state index contributed by atoms with van der Waals surface area (Å²) in [6.45, 7) is 3.95. The van der Waals surface area contributed by atoms with E-state index in [9.17, 15) is 9.59 Å². The second-order valence-corrected chi connectivity index (χ2v) is 7.24. The van der Waals surface area contributed by atoms with Gasteiger partial charge in [0.05, 0.1) is 18.4 Å². The number of benzene rings is 2. The molecule has 3 rings (SSSR count). The number of anilines is 1. The van der Waals surface area contributed by atoms with Crippen molar-refractivity contribution < 1.29 is 14.3 Å². The maximum absolute atomic E-state index is 12.6. The van der Waals surface area contributed by atoms with Gasteiger partial charge in [-0.25, -0.2) is 0 Å². The van der Waals surface area contributed by atoms with Crippen LogP contribution in [0.2, 0.25) is 0 Å². The minimum Gasteiger partial charge on any atom is -0.497 e. The first-order valence-electron chi connectivity index (χ1n) is 10.2. The second-order valence-electron chi connectivity index (χ2n) is 7.24. The lowest BCUT2D eigenvalue weighted by Crippen LogP contribution is -2.33. The molecular formula is C23H29N3O3. The van der Waals surface area contributed by atoms with Crippen molar-refractivity contribution in [2.24, 2.45) is 0 Å². The van der Waals surface area contributed by atoms with Crippen LogP contribution in [0.25, 0.3) is 0 Å². The summed E-state index contributed by atoms with van der Waals surface area (Å²) < 4.78 is 5.12. The Labute approximate surface area is 172 Å². The van der Waals surface area contributed by atoms with Crippen molar-refractivity contribution in [3.63, 3.8) is 0 Å². The molecule has 2 N–H and O–H groups in total. The maximum atomic E-state index is 12.6. The van der Waals surface area contributed by atoms with Crippen LogP contribution in [0.3, 0.4) is 0 Å². The summed E-state index contributed by atoms with van der Waals surface area (Å²) in [5, 5.41) is 5.81. The van der Waals surface area contributed by atoms with E-state index in [2.05, 4.69) is 15.5 Å². The van der Waals surface area contributed by atoms with Crippen LogP contribution in [0, 0.1) is 0 Å². The molecule has 0 spiro atoms. The quantitative estimate of drug-likeness (QED) is 0.671. The van der Waals surface area contributed by atoms with Gasteiger partial charge in [-0.15, -0.1) is 0 Å².